The summed E-state index contributed by atoms with van der Waals surface area (Å²) in [5.41, 5.74) is 1.25. The number of hydrogen-bond acceptors (Lipinski definition) is 7. The molecular formula is C21H17N5O4S. The molecule has 9 nitrogen and oxygen atoms in total. The number of benzene rings is 2. The zero-order chi connectivity index (χ0) is 21.8. The number of anilines is 1. The smallest absolute Gasteiger partial charge is 0.361 e. The zero-order valence-electron chi connectivity index (χ0n) is 16.4. The van der Waals surface area contributed by atoms with Crippen LogP contribution in [0.5, 0.6) is 0 Å². The third-order valence-electron chi connectivity index (χ3n) is 4.44. The normalized spacial score (nSPS) is 10.7. The lowest BCUT2D eigenvalue weighted by Gasteiger charge is -2.10. The highest BCUT2D eigenvalue weighted by atomic mass is 32.2. The highest BCUT2D eigenvalue weighted by Gasteiger charge is 2.23. The molecule has 0 aliphatic heterocycles. The minimum absolute atomic E-state index is 0.107. The molecule has 1 N–H and O–H groups in total. The van der Waals surface area contributed by atoms with Crippen LogP contribution in [0.4, 0.5) is 11.5 Å². The van der Waals surface area contributed by atoms with E-state index >= 15 is 0 Å². The molecule has 4 rings (SSSR count). The van der Waals surface area contributed by atoms with Crippen molar-refractivity contribution < 1.29 is 14.2 Å². The Morgan fingerprint density at radius 3 is 2.65 bits per heavy atom. The van der Waals surface area contributed by atoms with Crippen molar-refractivity contribution in [1.82, 2.24) is 14.9 Å². The van der Waals surface area contributed by atoms with E-state index in [1.165, 1.54) is 28.7 Å². The number of nitrogens with one attached hydrogen (secondary N) is 1. The second kappa shape index (κ2) is 8.84. The monoisotopic (exact) mass is 435 g/mol. The Labute approximate surface area is 181 Å². The van der Waals surface area contributed by atoms with Crippen LogP contribution in [0.2, 0.25) is 0 Å². The lowest BCUT2D eigenvalue weighted by Crippen LogP contribution is -2.16. The Balaban J connectivity index is 1.55. The van der Waals surface area contributed by atoms with E-state index in [1.54, 1.807) is 6.92 Å². The second-order valence-corrected chi connectivity index (χ2v) is 7.68. The molecule has 0 unspecified atom stereocenters. The predicted octanol–water partition coefficient (Wildman–Crippen LogP) is 4.54. The first-order chi connectivity index (χ1) is 15.0. The molecule has 0 saturated heterocycles. The van der Waals surface area contributed by atoms with E-state index in [9.17, 15) is 14.9 Å². The van der Waals surface area contributed by atoms with Crippen LogP contribution < -0.4 is 5.32 Å². The van der Waals surface area contributed by atoms with Gasteiger partial charge in [-0.1, -0.05) is 47.3 Å². The summed E-state index contributed by atoms with van der Waals surface area (Å²) in [5, 5.41) is 21.5. The topological polar surface area (TPSA) is 116 Å². The lowest BCUT2D eigenvalue weighted by molar-refractivity contribution is -0.389. The average Bonchev–Trinajstić information content (AvgIpc) is 3.38. The van der Waals surface area contributed by atoms with E-state index in [0.717, 1.165) is 9.79 Å². The van der Waals surface area contributed by atoms with Crippen LogP contribution in [-0.2, 0) is 6.54 Å². The first kappa shape index (κ1) is 20.4. The zero-order valence-corrected chi connectivity index (χ0v) is 17.2. The Morgan fingerprint density at radius 1 is 1.16 bits per heavy atom. The van der Waals surface area contributed by atoms with E-state index in [-0.39, 0.29) is 18.1 Å². The van der Waals surface area contributed by atoms with Gasteiger partial charge in [0.25, 0.3) is 5.91 Å². The van der Waals surface area contributed by atoms with Gasteiger partial charge < -0.3 is 20.0 Å². The molecule has 0 aliphatic rings. The Hall–Kier alpha value is -3.92. The number of nitro groups is 1. The first-order valence-electron chi connectivity index (χ1n) is 9.27. The predicted molar refractivity (Wildman–Crippen MR) is 114 cm³/mol. The summed E-state index contributed by atoms with van der Waals surface area (Å²) in [4.78, 5) is 25.2. The third-order valence-corrected chi connectivity index (χ3v) is 5.52. The molecular weight excluding hydrogens is 418 g/mol. The number of carbonyl (C=O) groups is 1. The minimum atomic E-state index is -0.577. The van der Waals surface area contributed by atoms with Gasteiger partial charge in [0.2, 0.25) is 0 Å². The Morgan fingerprint density at radius 2 is 1.90 bits per heavy atom. The maximum atomic E-state index is 13.0. The first-order valence-corrected chi connectivity index (χ1v) is 10.1. The van der Waals surface area contributed by atoms with E-state index in [1.807, 2.05) is 54.6 Å². The molecule has 10 heteroatoms. The fraction of sp³-hybridized carbons (Fsp3) is 0.0952. The molecule has 31 heavy (non-hydrogen) atoms. The van der Waals surface area contributed by atoms with Gasteiger partial charge in [-0.15, -0.1) is 0 Å². The Kier molecular flexibility index (Phi) is 5.80. The molecule has 156 valence electrons. The summed E-state index contributed by atoms with van der Waals surface area (Å²) >= 11 is 1.53. The molecule has 2 aromatic heterocycles. The maximum absolute atomic E-state index is 13.0. The van der Waals surface area contributed by atoms with Gasteiger partial charge in [-0.25, -0.2) is 0 Å². The summed E-state index contributed by atoms with van der Waals surface area (Å²) in [6.07, 6.45) is 1.47. The van der Waals surface area contributed by atoms with Gasteiger partial charge in [0.1, 0.15) is 5.76 Å². The fourth-order valence-corrected chi connectivity index (χ4v) is 3.83. The van der Waals surface area contributed by atoms with Gasteiger partial charge in [0.05, 0.1) is 35.2 Å². The maximum Gasteiger partial charge on any atom is 0.389 e. The second-order valence-electron chi connectivity index (χ2n) is 6.56. The molecule has 0 spiro atoms. The molecule has 0 atom stereocenters. The molecule has 0 fully saturated rings. The minimum Gasteiger partial charge on any atom is -0.361 e. The number of amides is 1. The number of aromatic nitrogens is 3. The average molecular weight is 435 g/mol. The van der Waals surface area contributed by atoms with Gasteiger partial charge in [0, 0.05) is 9.79 Å². The van der Waals surface area contributed by atoms with Crippen molar-refractivity contribution in [2.75, 3.05) is 5.32 Å². The van der Waals surface area contributed by atoms with Gasteiger partial charge in [-0.2, -0.15) is 4.68 Å². The molecule has 0 radical (unpaired) electrons. The van der Waals surface area contributed by atoms with Gasteiger partial charge >= 0.3 is 5.82 Å². The van der Waals surface area contributed by atoms with Crippen molar-refractivity contribution in [2.24, 2.45) is 0 Å². The number of rotatable bonds is 7. The van der Waals surface area contributed by atoms with Crippen molar-refractivity contribution >= 4 is 29.2 Å². The summed E-state index contributed by atoms with van der Waals surface area (Å²) in [5.74, 6) is -0.267. The van der Waals surface area contributed by atoms with Crippen LogP contribution in [0.15, 0.2) is 81.2 Å². The largest absolute Gasteiger partial charge is 0.389 e. The van der Waals surface area contributed by atoms with Gasteiger partial charge in [0.15, 0.2) is 5.69 Å². The molecule has 0 saturated carbocycles. The van der Waals surface area contributed by atoms with E-state index in [0.29, 0.717) is 17.0 Å². The summed E-state index contributed by atoms with van der Waals surface area (Å²) in [7, 11) is 0. The van der Waals surface area contributed by atoms with Crippen LogP contribution in [0.1, 0.15) is 21.8 Å². The number of nitrogens with zero attached hydrogens (tertiary/aromatic N) is 4. The standard InChI is InChI=1S/C21H17N5O4S/c1-14-16(13-25-12-11-19(23-25)26(28)29)20(24-30-14)21(27)22-17-9-5-6-10-18(17)31-15-7-3-2-4-8-15/h2-12H,13H2,1H3,(H,22,27). The van der Waals surface area contributed by atoms with Crippen molar-refractivity contribution in [3.8, 4) is 0 Å². The van der Waals surface area contributed by atoms with Crippen LogP contribution >= 0.6 is 11.8 Å². The molecule has 0 bridgehead atoms. The highest BCUT2D eigenvalue weighted by molar-refractivity contribution is 7.99. The highest BCUT2D eigenvalue weighted by Crippen LogP contribution is 2.33. The van der Waals surface area contributed by atoms with Gasteiger partial charge in [-0.05, 0) is 36.1 Å². The Bertz CT molecular complexity index is 1240. The van der Waals surface area contributed by atoms with Crippen LogP contribution in [-0.4, -0.2) is 25.8 Å². The summed E-state index contributed by atoms with van der Waals surface area (Å²) in [6, 6.07) is 18.6. The van der Waals surface area contributed by atoms with E-state index in [4.69, 9.17) is 4.52 Å². The number of aryl methyl sites for hydroxylation is 1. The summed E-state index contributed by atoms with van der Waals surface area (Å²) < 4.78 is 6.58. The molecule has 0 aliphatic carbocycles. The number of para-hydroxylation sites is 1. The van der Waals surface area contributed by atoms with Crippen molar-refractivity contribution in [1.29, 1.82) is 0 Å². The fourth-order valence-electron chi connectivity index (χ4n) is 2.91. The van der Waals surface area contributed by atoms with E-state index in [2.05, 4.69) is 15.6 Å². The van der Waals surface area contributed by atoms with Crippen molar-refractivity contribution in [3.05, 3.63) is 94.0 Å². The van der Waals surface area contributed by atoms with E-state index < -0.39 is 10.8 Å². The quantitative estimate of drug-likeness (QED) is 0.335. The van der Waals surface area contributed by atoms with Crippen molar-refractivity contribution in [3.63, 3.8) is 0 Å². The van der Waals surface area contributed by atoms with Gasteiger partial charge in [-0.3, -0.25) is 4.79 Å². The van der Waals surface area contributed by atoms with Crippen LogP contribution in [0.3, 0.4) is 0 Å². The van der Waals surface area contributed by atoms with Crippen molar-refractivity contribution in [2.45, 2.75) is 23.3 Å². The van der Waals surface area contributed by atoms with Crippen LogP contribution in [0.25, 0.3) is 0 Å². The number of carbonyl (C=O) groups excluding carboxylic acids is 1. The number of hydrogen-bond donors (Lipinski definition) is 1. The molecule has 4 aromatic rings. The third kappa shape index (κ3) is 4.64. The lowest BCUT2D eigenvalue weighted by atomic mass is 10.2. The summed E-state index contributed by atoms with van der Waals surface area (Å²) in [6.45, 7) is 1.79. The molecule has 2 aromatic carbocycles. The van der Waals surface area contributed by atoms with Crippen LogP contribution in [0, 0.1) is 17.0 Å². The SMILES string of the molecule is Cc1onc(C(=O)Nc2ccccc2Sc2ccccc2)c1Cn1ccc([N+](=O)[O-])n1. The molecule has 2 heterocycles. The molecule has 1 amide bonds.